The van der Waals surface area contributed by atoms with Crippen molar-refractivity contribution in [2.75, 3.05) is 14.1 Å². The Labute approximate surface area is 151 Å². The first-order chi connectivity index (χ1) is 11.6. The number of carbonyl (C=O) groups is 1. The first kappa shape index (κ1) is 23.4. The molecular formula is C21H43NO2. The van der Waals surface area contributed by atoms with Gasteiger partial charge in [0.25, 0.3) is 0 Å². The van der Waals surface area contributed by atoms with Crippen molar-refractivity contribution in [1.82, 2.24) is 4.90 Å². The lowest BCUT2D eigenvalue weighted by atomic mass is 9.99. The molecule has 1 atom stereocenters. The minimum Gasteiger partial charge on any atom is -0.481 e. The largest absolute Gasteiger partial charge is 0.481 e. The average Bonchev–Trinajstić information content (AvgIpc) is 2.53. The van der Waals surface area contributed by atoms with Crippen LogP contribution in [0.3, 0.4) is 0 Å². The molecule has 0 bridgehead atoms. The van der Waals surface area contributed by atoms with Crippen molar-refractivity contribution in [2.24, 2.45) is 0 Å². The van der Waals surface area contributed by atoms with Crippen LogP contribution in [0.1, 0.15) is 110 Å². The number of unbranched alkanes of at least 4 members (excludes halogenated alkanes) is 11. The Kier molecular flexibility index (Phi) is 16.8. The van der Waals surface area contributed by atoms with Crippen molar-refractivity contribution in [3.8, 4) is 0 Å². The molecule has 0 aromatic rings. The number of hydrogen-bond acceptors (Lipinski definition) is 2. The van der Waals surface area contributed by atoms with Crippen molar-refractivity contribution in [3.63, 3.8) is 0 Å². The van der Waals surface area contributed by atoms with E-state index in [1.165, 1.54) is 83.5 Å². The molecule has 0 aliphatic rings. The van der Waals surface area contributed by atoms with Crippen LogP contribution in [0.25, 0.3) is 0 Å². The van der Waals surface area contributed by atoms with Gasteiger partial charge in [-0.25, -0.2) is 0 Å². The molecule has 0 aromatic heterocycles. The van der Waals surface area contributed by atoms with Crippen molar-refractivity contribution < 1.29 is 9.90 Å². The molecule has 3 nitrogen and oxygen atoms in total. The predicted molar refractivity (Wildman–Crippen MR) is 105 cm³/mol. The number of carboxylic acid groups (broad SMARTS) is 1. The van der Waals surface area contributed by atoms with Crippen molar-refractivity contribution in [2.45, 2.75) is 116 Å². The quantitative estimate of drug-likeness (QED) is 0.299. The smallest absolute Gasteiger partial charge is 0.303 e. The van der Waals surface area contributed by atoms with Gasteiger partial charge in [0.15, 0.2) is 0 Å². The molecule has 0 saturated heterocycles. The normalized spacial score (nSPS) is 12.7. The Hall–Kier alpha value is -0.570. The van der Waals surface area contributed by atoms with Crippen molar-refractivity contribution in [3.05, 3.63) is 0 Å². The minimum atomic E-state index is -0.658. The highest BCUT2D eigenvalue weighted by molar-refractivity contribution is 5.66. The van der Waals surface area contributed by atoms with E-state index in [0.717, 1.165) is 18.9 Å². The summed E-state index contributed by atoms with van der Waals surface area (Å²) in [4.78, 5) is 12.8. The monoisotopic (exact) mass is 341 g/mol. The lowest BCUT2D eigenvalue weighted by molar-refractivity contribution is -0.137. The van der Waals surface area contributed by atoms with Gasteiger partial charge in [0.2, 0.25) is 0 Å². The van der Waals surface area contributed by atoms with E-state index >= 15 is 0 Å². The van der Waals surface area contributed by atoms with E-state index in [-0.39, 0.29) is 0 Å². The molecule has 144 valence electrons. The van der Waals surface area contributed by atoms with Gasteiger partial charge in [-0.15, -0.1) is 0 Å². The summed E-state index contributed by atoms with van der Waals surface area (Å²) in [6.07, 6.45) is 19.7. The lowest BCUT2D eigenvalue weighted by Gasteiger charge is -2.24. The van der Waals surface area contributed by atoms with E-state index in [4.69, 9.17) is 5.11 Å². The van der Waals surface area contributed by atoms with Crippen molar-refractivity contribution in [1.29, 1.82) is 0 Å². The molecule has 0 amide bonds. The second kappa shape index (κ2) is 17.3. The Bertz CT molecular complexity index is 279. The van der Waals surface area contributed by atoms with Crippen LogP contribution in [0, 0.1) is 0 Å². The average molecular weight is 342 g/mol. The maximum atomic E-state index is 10.4. The fourth-order valence-electron chi connectivity index (χ4n) is 3.36. The summed E-state index contributed by atoms with van der Waals surface area (Å²) in [6, 6.07) is 0.743. The van der Waals surface area contributed by atoms with Gasteiger partial charge in [0.1, 0.15) is 0 Å². The van der Waals surface area contributed by atoms with E-state index in [0.29, 0.717) is 6.42 Å². The molecule has 0 heterocycles. The van der Waals surface area contributed by atoms with E-state index in [2.05, 4.69) is 25.9 Å². The molecule has 0 radical (unpaired) electrons. The molecule has 0 aliphatic heterocycles. The van der Waals surface area contributed by atoms with E-state index in [9.17, 15) is 4.79 Å². The third kappa shape index (κ3) is 16.3. The standard InChI is InChI=1S/C21H43NO2/c1-4-5-6-7-8-11-14-17-20(22(2)3)18-15-12-9-10-13-16-19-21(23)24/h20H,4-19H2,1-3H3,(H,23,24). The maximum absolute atomic E-state index is 10.4. The molecule has 0 rings (SSSR count). The molecule has 0 aromatic carbocycles. The minimum absolute atomic E-state index is 0.334. The zero-order valence-corrected chi connectivity index (χ0v) is 16.7. The molecule has 0 spiro atoms. The number of hydrogen-bond donors (Lipinski definition) is 1. The van der Waals surface area contributed by atoms with Crippen LogP contribution in [-0.4, -0.2) is 36.1 Å². The molecule has 0 aliphatic carbocycles. The third-order valence-corrected chi connectivity index (χ3v) is 5.05. The molecule has 0 saturated carbocycles. The Morgan fingerprint density at radius 2 is 1.17 bits per heavy atom. The summed E-state index contributed by atoms with van der Waals surface area (Å²) in [7, 11) is 4.44. The van der Waals surface area contributed by atoms with E-state index < -0.39 is 5.97 Å². The molecule has 1 unspecified atom stereocenters. The Balaban J connectivity index is 3.51. The highest BCUT2D eigenvalue weighted by Gasteiger charge is 2.10. The summed E-state index contributed by atoms with van der Waals surface area (Å²) in [5.41, 5.74) is 0. The highest BCUT2D eigenvalue weighted by atomic mass is 16.4. The van der Waals surface area contributed by atoms with Gasteiger partial charge in [-0.2, -0.15) is 0 Å². The highest BCUT2D eigenvalue weighted by Crippen LogP contribution is 2.17. The first-order valence-electron chi connectivity index (χ1n) is 10.5. The molecular weight excluding hydrogens is 298 g/mol. The fourth-order valence-corrected chi connectivity index (χ4v) is 3.36. The summed E-state index contributed by atoms with van der Waals surface area (Å²) in [6.45, 7) is 2.28. The molecule has 24 heavy (non-hydrogen) atoms. The van der Waals surface area contributed by atoms with Gasteiger partial charge >= 0.3 is 5.97 Å². The number of rotatable bonds is 18. The zero-order valence-electron chi connectivity index (χ0n) is 16.7. The number of aliphatic carboxylic acids is 1. The van der Waals surface area contributed by atoms with Gasteiger partial charge in [-0.05, 0) is 33.4 Å². The predicted octanol–water partition coefficient (Wildman–Crippen LogP) is 6.26. The van der Waals surface area contributed by atoms with Crippen LogP contribution in [0.5, 0.6) is 0 Å². The van der Waals surface area contributed by atoms with Crippen molar-refractivity contribution >= 4 is 5.97 Å². The lowest BCUT2D eigenvalue weighted by Crippen LogP contribution is -2.27. The van der Waals surface area contributed by atoms with Gasteiger partial charge in [0, 0.05) is 12.5 Å². The summed E-state index contributed by atoms with van der Waals surface area (Å²) < 4.78 is 0. The number of nitrogens with zero attached hydrogens (tertiary/aromatic N) is 1. The first-order valence-corrected chi connectivity index (χ1v) is 10.5. The maximum Gasteiger partial charge on any atom is 0.303 e. The zero-order chi connectivity index (χ0) is 18.0. The van der Waals surface area contributed by atoms with Crippen LogP contribution >= 0.6 is 0 Å². The molecule has 3 heteroatoms. The van der Waals surface area contributed by atoms with Crippen LogP contribution in [0.15, 0.2) is 0 Å². The van der Waals surface area contributed by atoms with E-state index in [1.807, 2.05) is 0 Å². The van der Waals surface area contributed by atoms with Gasteiger partial charge < -0.3 is 10.0 Å². The Morgan fingerprint density at radius 1 is 0.750 bits per heavy atom. The molecule has 1 N–H and O–H groups in total. The third-order valence-electron chi connectivity index (χ3n) is 5.05. The second-order valence-electron chi connectivity index (χ2n) is 7.58. The van der Waals surface area contributed by atoms with Crippen LogP contribution < -0.4 is 0 Å². The SMILES string of the molecule is CCCCCCCCCC(CCCCCCCCC(=O)O)N(C)C. The van der Waals surface area contributed by atoms with Crippen LogP contribution in [0.2, 0.25) is 0 Å². The fraction of sp³-hybridized carbons (Fsp3) is 0.952. The van der Waals surface area contributed by atoms with Gasteiger partial charge in [-0.1, -0.05) is 84.0 Å². The van der Waals surface area contributed by atoms with E-state index in [1.54, 1.807) is 0 Å². The summed E-state index contributed by atoms with van der Waals surface area (Å²) in [5.74, 6) is -0.658. The Morgan fingerprint density at radius 3 is 1.58 bits per heavy atom. The van der Waals surface area contributed by atoms with Gasteiger partial charge in [-0.3, -0.25) is 4.79 Å². The summed E-state index contributed by atoms with van der Waals surface area (Å²) >= 11 is 0. The second-order valence-corrected chi connectivity index (χ2v) is 7.58. The van der Waals surface area contributed by atoms with Gasteiger partial charge in [0.05, 0.1) is 0 Å². The van der Waals surface area contributed by atoms with Crippen LogP contribution in [0.4, 0.5) is 0 Å². The van der Waals surface area contributed by atoms with Crippen LogP contribution in [-0.2, 0) is 4.79 Å². The summed E-state index contributed by atoms with van der Waals surface area (Å²) in [5, 5.41) is 8.61. The molecule has 0 fully saturated rings. The number of carboxylic acids is 1. The topological polar surface area (TPSA) is 40.5 Å².